The van der Waals surface area contributed by atoms with E-state index in [4.69, 9.17) is 0 Å². The van der Waals surface area contributed by atoms with Crippen molar-refractivity contribution in [3.05, 3.63) is 35.4 Å². The fraction of sp³-hybridized carbons (Fsp3) is 0.647. The van der Waals surface area contributed by atoms with Gasteiger partial charge >= 0.3 is 0 Å². The second-order valence-corrected chi connectivity index (χ2v) is 6.15. The summed E-state index contributed by atoms with van der Waals surface area (Å²) in [5.41, 5.74) is 2.55. The standard InChI is InChI=1S/C17H30N2O/c1-6-18-16(15-10-8-7-9-14(15)2)11-12-19(5)17(3,4)13-20/h7-10,16,18,20H,6,11-13H2,1-5H3. The molecule has 3 nitrogen and oxygen atoms in total. The Kier molecular flexibility index (Phi) is 6.66. The molecular weight excluding hydrogens is 248 g/mol. The van der Waals surface area contributed by atoms with E-state index in [1.165, 1.54) is 11.1 Å². The van der Waals surface area contributed by atoms with Gasteiger partial charge in [0.2, 0.25) is 0 Å². The molecule has 2 N–H and O–H groups in total. The van der Waals surface area contributed by atoms with Crippen molar-refractivity contribution in [2.75, 3.05) is 26.7 Å². The first-order valence-electron chi connectivity index (χ1n) is 7.53. The van der Waals surface area contributed by atoms with Gasteiger partial charge in [-0.2, -0.15) is 0 Å². The molecule has 0 bridgehead atoms. The van der Waals surface area contributed by atoms with Crippen molar-refractivity contribution in [2.24, 2.45) is 0 Å². The van der Waals surface area contributed by atoms with Crippen LogP contribution in [0.15, 0.2) is 24.3 Å². The molecule has 0 saturated carbocycles. The maximum atomic E-state index is 9.44. The summed E-state index contributed by atoms with van der Waals surface area (Å²) in [5.74, 6) is 0. The van der Waals surface area contributed by atoms with Crippen LogP contribution in [0.2, 0.25) is 0 Å². The summed E-state index contributed by atoms with van der Waals surface area (Å²) in [4.78, 5) is 2.23. The average Bonchev–Trinajstić information content (AvgIpc) is 2.43. The zero-order valence-electron chi connectivity index (χ0n) is 13.6. The molecule has 0 aliphatic carbocycles. The average molecular weight is 278 g/mol. The van der Waals surface area contributed by atoms with E-state index in [1.807, 2.05) is 0 Å². The third kappa shape index (κ3) is 4.58. The maximum absolute atomic E-state index is 9.44. The summed E-state index contributed by atoms with van der Waals surface area (Å²) in [6, 6.07) is 8.94. The van der Waals surface area contributed by atoms with Crippen LogP contribution in [0.5, 0.6) is 0 Å². The van der Waals surface area contributed by atoms with Gasteiger partial charge < -0.3 is 10.4 Å². The van der Waals surface area contributed by atoms with Gasteiger partial charge in [-0.3, -0.25) is 4.90 Å². The topological polar surface area (TPSA) is 35.5 Å². The molecular formula is C17H30N2O. The highest BCUT2D eigenvalue weighted by Crippen LogP contribution is 2.22. The molecule has 0 heterocycles. The number of nitrogens with one attached hydrogen (secondary N) is 1. The Labute approximate surface area is 124 Å². The molecule has 0 radical (unpaired) electrons. The lowest BCUT2D eigenvalue weighted by atomic mass is 9.97. The largest absolute Gasteiger partial charge is 0.394 e. The van der Waals surface area contributed by atoms with E-state index in [0.717, 1.165) is 19.5 Å². The lowest BCUT2D eigenvalue weighted by molar-refractivity contribution is 0.0758. The van der Waals surface area contributed by atoms with E-state index in [1.54, 1.807) is 0 Å². The van der Waals surface area contributed by atoms with E-state index < -0.39 is 0 Å². The predicted octanol–water partition coefficient (Wildman–Crippen LogP) is 2.74. The highest BCUT2D eigenvalue weighted by Gasteiger charge is 2.23. The number of rotatable bonds is 8. The minimum absolute atomic E-state index is 0.164. The number of hydrogen-bond acceptors (Lipinski definition) is 3. The van der Waals surface area contributed by atoms with Gasteiger partial charge in [0.25, 0.3) is 0 Å². The van der Waals surface area contributed by atoms with E-state index >= 15 is 0 Å². The molecule has 3 heteroatoms. The number of nitrogens with zero attached hydrogens (tertiary/aromatic N) is 1. The van der Waals surface area contributed by atoms with Crippen LogP contribution >= 0.6 is 0 Å². The van der Waals surface area contributed by atoms with Gasteiger partial charge in [-0.15, -0.1) is 0 Å². The molecule has 0 amide bonds. The minimum atomic E-state index is -0.164. The number of hydrogen-bond donors (Lipinski definition) is 2. The van der Waals surface area contributed by atoms with Gasteiger partial charge in [-0.1, -0.05) is 31.2 Å². The fourth-order valence-electron chi connectivity index (χ4n) is 2.34. The molecule has 0 aromatic heterocycles. The minimum Gasteiger partial charge on any atom is -0.394 e. The van der Waals surface area contributed by atoms with Crippen LogP contribution in [0.1, 0.15) is 44.4 Å². The van der Waals surface area contributed by atoms with Crippen molar-refractivity contribution in [3.8, 4) is 0 Å². The first-order chi connectivity index (χ1) is 9.42. The van der Waals surface area contributed by atoms with Crippen molar-refractivity contribution in [2.45, 2.75) is 45.7 Å². The van der Waals surface area contributed by atoms with Crippen LogP contribution in [-0.2, 0) is 0 Å². The van der Waals surface area contributed by atoms with Gasteiger partial charge in [0.05, 0.1) is 6.61 Å². The number of benzene rings is 1. The van der Waals surface area contributed by atoms with Crippen molar-refractivity contribution in [1.82, 2.24) is 10.2 Å². The summed E-state index contributed by atoms with van der Waals surface area (Å²) >= 11 is 0. The van der Waals surface area contributed by atoms with Gasteiger partial charge in [0.1, 0.15) is 0 Å². The van der Waals surface area contributed by atoms with Crippen LogP contribution in [-0.4, -0.2) is 42.3 Å². The maximum Gasteiger partial charge on any atom is 0.0609 e. The molecule has 1 unspecified atom stereocenters. The Morgan fingerprint density at radius 1 is 1.30 bits per heavy atom. The van der Waals surface area contributed by atoms with Gasteiger partial charge in [-0.05, 0) is 51.9 Å². The Hall–Kier alpha value is -0.900. The molecule has 20 heavy (non-hydrogen) atoms. The highest BCUT2D eigenvalue weighted by molar-refractivity contribution is 5.28. The summed E-state index contributed by atoms with van der Waals surface area (Å²) in [7, 11) is 2.08. The van der Waals surface area contributed by atoms with Gasteiger partial charge in [0.15, 0.2) is 0 Å². The summed E-state index contributed by atoms with van der Waals surface area (Å²) in [6.07, 6.45) is 1.04. The molecule has 0 aliphatic rings. The van der Waals surface area contributed by atoms with Crippen molar-refractivity contribution < 1.29 is 5.11 Å². The van der Waals surface area contributed by atoms with E-state index in [-0.39, 0.29) is 12.1 Å². The van der Waals surface area contributed by atoms with Gasteiger partial charge in [-0.25, -0.2) is 0 Å². The summed E-state index contributed by atoms with van der Waals surface area (Å²) in [6.45, 7) is 10.6. The summed E-state index contributed by atoms with van der Waals surface area (Å²) in [5, 5.41) is 13.0. The Bertz CT molecular complexity index is 404. The molecule has 1 rings (SSSR count). The molecule has 1 aromatic rings. The zero-order chi connectivity index (χ0) is 15.2. The third-order valence-corrected chi connectivity index (χ3v) is 4.19. The van der Waals surface area contributed by atoms with Crippen molar-refractivity contribution >= 4 is 0 Å². The lowest BCUT2D eigenvalue weighted by Crippen LogP contribution is -2.45. The van der Waals surface area contributed by atoms with Crippen LogP contribution in [0.25, 0.3) is 0 Å². The molecule has 0 fully saturated rings. The summed E-state index contributed by atoms with van der Waals surface area (Å²) < 4.78 is 0. The Morgan fingerprint density at radius 2 is 1.95 bits per heavy atom. The van der Waals surface area contributed by atoms with E-state index in [2.05, 4.69) is 69.2 Å². The molecule has 1 aromatic carbocycles. The molecule has 0 spiro atoms. The second-order valence-electron chi connectivity index (χ2n) is 6.15. The number of aliphatic hydroxyl groups is 1. The second kappa shape index (κ2) is 7.77. The van der Waals surface area contributed by atoms with Crippen molar-refractivity contribution in [1.29, 1.82) is 0 Å². The Balaban J connectivity index is 2.72. The highest BCUT2D eigenvalue weighted by atomic mass is 16.3. The molecule has 114 valence electrons. The quantitative estimate of drug-likeness (QED) is 0.767. The van der Waals surface area contributed by atoms with Gasteiger partial charge in [0, 0.05) is 18.1 Å². The molecule has 0 aliphatic heterocycles. The van der Waals surface area contributed by atoms with Crippen molar-refractivity contribution in [3.63, 3.8) is 0 Å². The lowest BCUT2D eigenvalue weighted by Gasteiger charge is -2.35. The fourth-order valence-corrected chi connectivity index (χ4v) is 2.34. The number of aryl methyl sites for hydroxylation is 1. The monoisotopic (exact) mass is 278 g/mol. The molecule has 1 atom stereocenters. The zero-order valence-corrected chi connectivity index (χ0v) is 13.6. The first kappa shape index (κ1) is 17.2. The number of aliphatic hydroxyl groups excluding tert-OH is 1. The van der Waals surface area contributed by atoms with Crippen LogP contribution < -0.4 is 5.32 Å². The predicted molar refractivity (Wildman–Crippen MR) is 86.0 cm³/mol. The smallest absolute Gasteiger partial charge is 0.0609 e. The Morgan fingerprint density at radius 3 is 2.50 bits per heavy atom. The molecule has 0 saturated heterocycles. The SMILES string of the molecule is CCNC(CCN(C)C(C)(C)CO)c1ccccc1C. The normalized spacial score (nSPS) is 13.8. The first-order valence-corrected chi connectivity index (χ1v) is 7.53. The van der Waals surface area contributed by atoms with E-state index in [9.17, 15) is 5.11 Å². The number of likely N-dealkylation sites (N-methyl/N-ethyl adjacent to an activating group) is 1. The van der Waals surface area contributed by atoms with Crippen LogP contribution in [0.4, 0.5) is 0 Å². The van der Waals surface area contributed by atoms with Crippen LogP contribution in [0.3, 0.4) is 0 Å². The van der Waals surface area contributed by atoms with E-state index in [0.29, 0.717) is 6.04 Å². The third-order valence-electron chi connectivity index (χ3n) is 4.19. The van der Waals surface area contributed by atoms with Crippen LogP contribution in [0, 0.1) is 6.92 Å².